The SMILES string of the molecule is CCCCC(CCCC)(CCCC)C(=O)On1cc(-c2c(C)c(Cl)cc(C(C)n3nc(C)c4c(N)ncnc43)c2OCC)cn1. The van der Waals surface area contributed by atoms with Gasteiger partial charge in [-0.05, 0) is 58.6 Å². The fourth-order valence-corrected chi connectivity index (χ4v) is 6.38. The third kappa shape index (κ3) is 7.11. The highest BCUT2D eigenvalue weighted by atomic mass is 35.5. The van der Waals surface area contributed by atoms with Crippen molar-refractivity contribution in [1.29, 1.82) is 0 Å². The molecule has 0 fully saturated rings. The van der Waals surface area contributed by atoms with Crippen LogP contribution in [-0.4, -0.2) is 42.3 Å². The van der Waals surface area contributed by atoms with Crippen molar-refractivity contribution in [3.8, 4) is 16.9 Å². The Bertz CT molecular complexity index is 1590. The van der Waals surface area contributed by atoms with E-state index in [0.717, 1.165) is 91.1 Å². The largest absolute Gasteiger partial charge is 0.493 e. The van der Waals surface area contributed by atoms with Crippen molar-refractivity contribution in [2.24, 2.45) is 5.41 Å². The Hall–Kier alpha value is -3.66. The predicted molar refractivity (Wildman–Crippen MR) is 179 cm³/mol. The predicted octanol–water partition coefficient (Wildman–Crippen LogP) is 8.06. The lowest BCUT2D eigenvalue weighted by Crippen LogP contribution is -2.38. The zero-order chi connectivity index (χ0) is 32.7. The summed E-state index contributed by atoms with van der Waals surface area (Å²) < 4.78 is 8.14. The Morgan fingerprint density at radius 1 is 1.04 bits per heavy atom. The highest BCUT2D eigenvalue weighted by molar-refractivity contribution is 6.32. The first-order valence-electron chi connectivity index (χ1n) is 16.3. The molecule has 3 heterocycles. The van der Waals surface area contributed by atoms with E-state index in [-0.39, 0.29) is 12.0 Å². The van der Waals surface area contributed by atoms with Crippen molar-refractivity contribution in [2.45, 2.75) is 112 Å². The van der Waals surface area contributed by atoms with Gasteiger partial charge in [0.2, 0.25) is 0 Å². The molecule has 11 heteroatoms. The van der Waals surface area contributed by atoms with Crippen LogP contribution in [0.5, 0.6) is 5.75 Å². The molecule has 0 spiro atoms. The highest BCUT2D eigenvalue weighted by Crippen LogP contribution is 2.44. The van der Waals surface area contributed by atoms with E-state index in [2.05, 4.69) is 35.8 Å². The number of anilines is 1. The number of unbranched alkanes of at least 4 members (excludes halogenated alkanes) is 3. The topological polar surface area (TPSA) is 123 Å². The first-order chi connectivity index (χ1) is 21.6. The van der Waals surface area contributed by atoms with Crippen molar-refractivity contribution in [1.82, 2.24) is 29.7 Å². The van der Waals surface area contributed by atoms with Gasteiger partial charge in [0.1, 0.15) is 17.9 Å². The van der Waals surface area contributed by atoms with Crippen molar-refractivity contribution in [2.75, 3.05) is 12.3 Å². The van der Waals surface area contributed by atoms with Crippen LogP contribution in [0.15, 0.2) is 24.8 Å². The molecule has 0 amide bonds. The lowest BCUT2D eigenvalue weighted by atomic mass is 9.74. The van der Waals surface area contributed by atoms with Gasteiger partial charge in [-0.2, -0.15) is 5.10 Å². The maximum atomic E-state index is 13.9. The average molecular weight is 638 g/mol. The maximum Gasteiger partial charge on any atom is 0.341 e. The van der Waals surface area contributed by atoms with Gasteiger partial charge in [0.05, 0.1) is 41.5 Å². The van der Waals surface area contributed by atoms with Gasteiger partial charge in [-0.3, -0.25) is 0 Å². The lowest BCUT2D eigenvalue weighted by molar-refractivity contribution is -0.160. The minimum absolute atomic E-state index is 0.211. The number of nitrogens with zero attached hydrogens (tertiary/aromatic N) is 6. The minimum Gasteiger partial charge on any atom is -0.493 e. The van der Waals surface area contributed by atoms with Gasteiger partial charge in [-0.15, -0.1) is 5.10 Å². The van der Waals surface area contributed by atoms with Crippen LogP contribution in [0.1, 0.15) is 115 Å². The highest BCUT2D eigenvalue weighted by Gasteiger charge is 2.39. The molecule has 0 aliphatic rings. The van der Waals surface area contributed by atoms with Gasteiger partial charge < -0.3 is 15.3 Å². The van der Waals surface area contributed by atoms with Crippen LogP contribution in [-0.2, 0) is 4.79 Å². The molecule has 3 aromatic heterocycles. The van der Waals surface area contributed by atoms with Crippen LogP contribution in [0.2, 0.25) is 5.02 Å². The molecule has 1 unspecified atom stereocenters. The molecule has 4 rings (SSSR count). The van der Waals surface area contributed by atoms with Gasteiger partial charge in [0.25, 0.3) is 0 Å². The molecule has 10 nitrogen and oxygen atoms in total. The van der Waals surface area contributed by atoms with Crippen molar-refractivity contribution < 1.29 is 14.4 Å². The Balaban J connectivity index is 1.75. The third-order valence-electron chi connectivity index (χ3n) is 8.79. The fraction of sp³-hybridized carbons (Fsp3) is 0.559. The first-order valence-corrected chi connectivity index (χ1v) is 16.7. The second-order valence-electron chi connectivity index (χ2n) is 12.0. The molecule has 0 aliphatic heterocycles. The molecular formula is C34H48ClN7O3. The molecule has 0 saturated carbocycles. The van der Waals surface area contributed by atoms with Crippen LogP contribution in [0.3, 0.4) is 0 Å². The second kappa shape index (κ2) is 15.1. The van der Waals surface area contributed by atoms with E-state index >= 15 is 0 Å². The van der Waals surface area contributed by atoms with Crippen LogP contribution in [0.4, 0.5) is 5.82 Å². The number of fused-ring (bicyclic) bond motifs is 1. The second-order valence-corrected chi connectivity index (χ2v) is 12.4. The molecule has 0 saturated heterocycles. The summed E-state index contributed by atoms with van der Waals surface area (Å²) in [5, 5.41) is 10.5. The Morgan fingerprint density at radius 3 is 2.29 bits per heavy atom. The monoisotopic (exact) mass is 637 g/mol. The smallest absolute Gasteiger partial charge is 0.341 e. The number of aryl methyl sites for hydroxylation is 1. The van der Waals surface area contributed by atoms with E-state index in [4.69, 9.17) is 32.0 Å². The number of hydrogen-bond donors (Lipinski definition) is 1. The number of nitrogen functional groups attached to an aromatic ring is 1. The number of carbonyl (C=O) groups excluding carboxylic acids is 1. The molecule has 2 N–H and O–H groups in total. The van der Waals surface area contributed by atoms with Crippen LogP contribution >= 0.6 is 11.6 Å². The summed E-state index contributed by atoms with van der Waals surface area (Å²) >= 11 is 6.87. The quantitative estimate of drug-likeness (QED) is 0.131. The van der Waals surface area contributed by atoms with Gasteiger partial charge in [0, 0.05) is 21.7 Å². The fourth-order valence-electron chi connectivity index (χ4n) is 6.17. The van der Waals surface area contributed by atoms with E-state index < -0.39 is 5.41 Å². The number of halogens is 1. The van der Waals surface area contributed by atoms with Crippen molar-refractivity contribution in [3.05, 3.63) is 46.6 Å². The number of aromatic nitrogens is 6. The summed E-state index contributed by atoms with van der Waals surface area (Å²) in [6.07, 6.45) is 13.4. The van der Waals surface area contributed by atoms with E-state index in [0.29, 0.717) is 28.8 Å². The van der Waals surface area contributed by atoms with E-state index in [9.17, 15) is 4.79 Å². The van der Waals surface area contributed by atoms with Crippen molar-refractivity contribution in [3.63, 3.8) is 0 Å². The number of benzene rings is 1. The molecule has 0 aliphatic carbocycles. The van der Waals surface area contributed by atoms with E-state index in [1.54, 1.807) is 12.4 Å². The lowest BCUT2D eigenvalue weighted by Gasteiger charge is -2.31. The molecule has 1 atom stereocenters. The Morgan fingerprint density at radius 2 is 1.69 bits per heavy atom. The molecule has 244 valence electrons. The van der Waals surface area contributed by atoms with Crippen molar-refractivity contribution >= 4 is 34.4 Å². The molecule has 0 radical (unpaired) electrons. The number of rotatable bonds is 16. The van der Waals surface area contributed by atoms with Gasteiger partial charge in [-0.1, -0.05) is 75.7 Å². The molecule has 1 aromatic carbocycles. The minimum atomic E-state index is -0.517. The molecular weight excluding hydrogens is 590 g/mol. The standard InChI is InChI=1S/C34H48ClN7O3/c1-8-12-15-34(16-13-9-2,17-14-10-3)33(43)45-41-20-25(19-39-41)28-22(5)27(35)18-26(30(28)44-11-4)24(7)42-32-29(23(6)40-42)31(36)37-21-38-32/h18-21,24H,8-17H2,1-7H3,(H2,36,37,38). The van der Waals surface area contributed by atoms with Crippen LogP contribution in [0, 0.1) is 19.3 Å². The van der Waals surface area contributed by atoms with Gasteiger partial charge in [0.15, 0.2) is 5.65 Å². The Kier molecular flexibility index (Phi) is 11.5. The van der Waals surface area contributed by atoms with E-state index in [1.807, 2.05) is 38.4 Å². The maximum absolute atomic E-state index is 13.9. The first kappa shape index (κ1) is 34.2. The summed E-state index contributed by atoms with van der Waals surface area (Å²) in [6.45, 7) is 14.7. The Labute approximate surface area is 271 Å². The summed E-state index contributed by atoms with van der Waals surface area (Å²) in [5.74, 6) is 0.829. The third-order valence-corrected chi connectivity index (χ3v) is 9.18. The number of nitrogens with two attached hydrogens (primary N) is 1. The van der Waals surface area contributed by atoms with E-state index in [1.165, 1.54) is 11.2 Å². The molecule has 45 heavy (non-hydrogen) atoms. The van der Waals surface area contributed by atoms with Crippen LogP contribution in [0.25, 0.3) is 22.2 Å². The number of ether oxygens (including phenoxy) is 1. The molecule has 0 bridgehead atoms. The zero-order valence-corrected chi connectivity index (χ0v) is 28.6. The summed E-state index contributed by atoms with van der Waals surface area (Å²) in [5.41, 5.74) is 10.2. The average Bonchev–Trinajstić information content (AvgIpc) is 3.63. The summed E-state index contributed by atoms with van der Waals surface area (Å²) in [6, 6.07) is 1.61. The molecule has 4 aromatic rings. The number of carbonyl (C=O) groups is 1. The normalized spacial score (nSPS) is 12.5. The van der Waals surface area contributed by atoms with Crippen LogP contribution < -0.4 is 15.3 Å². The number of hydrogen-bond acceptors (Lipinski definition) is 8. The van der Waals surface area contributed by atoms with Gasteiger partial charge in [-0.25, -0.2) is 19.4 Å². The zero-order valence-electron chi connectivity index (χ0n) is 27.8. The summed E-state index contributed by atoms with van der Waals surface area (Å²) in [4.78, 5) is 29.8. The van der Waals surface area contributed by atoms with Gasteiger partial charge >= 0.3 is 5.97 Å². The summed E-state index contributed by atoms with van der Waals surface area (Å²) in [7, 11) is 0.